The van der Waals surface area contributed by atoms with Crippen molar-refractivity contribution in [3.05, 3.63) is 16.1 Å². The van der Waals surface area contributed by atoms with E-state index in [-0.39, 0.29) is 12.1 Å². The van der Waals surface area contributed by atoms with Crippen LogP contribution in [0.2, 0.25) is 0 Å². The Kier molecular flexibility index (Phi) is 8.25. The smallest absolute Gasteiger partial charge is 0.110 e. The molecule has 0 aliphatic rings. The van der Waals surface area contributed by atoms with Crippen molar-refractivity contribution >= 4 is 11.3 Å². The van der Waals surface area contributed by atoms with Crippen LogP contribution < -0.4 is 5.32 Å². The van der Waals surface area contributed by atoms with Crippen LogP contribution in [0.15, 0.2) is 5.38 Å². The molecule has 0 aromatic carbocycles. The van der Waals surface area contributed by atoms with Crippen LogP contribution in [0.1, 0.15) is 37.5 Å². The molecule has 6 heteroatoms. The summed E-state index contributed by atoms with van der Waals surface area (Å²) in [6, 6.07) is 0.146. The largest absolute Gasteiger partial charge is 0.389 e. The third-order valence-electron chi connectivity index (χ3n) is 2.66. The summed E-state index contributed by atoms with van der Waals surface area (Å²) in [7, 11) is 0. The molecule has 2 atom stereocenters. The monoisotopic (exact) mass is 302 g/mol. The molecular formula is C14H26N2O3S. The summed E-state index contributed by atoms with van der Waals surface area (Å²) in [6.45, 7) is 9.88. The number of hydrogen-bond donors (Lipinski definition) is 2. The molecule has 0 spiro atoms. The van der Waals surface area contributed by atoms with Crippen LogP contribution in [0.4, 0.5) is 0 Å². The summed E-state index contributed by atoms with van der Waals surface area (Å²) in [4.78, 5) is 4.42. The minimum atomic E-state index is -0.516. The molecule has 0 saturated heterocycles. The van der Waals surface area contributed by atoms with E-state index in [1.54, 1.807) is 11.3 Å². The van der Waals surface area contributed by atoms with Crippen molar-refractivity contribution in [2.45, 2.75) is 45.9 Å². The maximum absolute atomic E-state index is 9.81. The molecule has 116 valence electrons. The third kappa shape index (κ3) is 7.31. The molecule has 0 amide bonds. The van der Waals surface area contributed by atoms with Crippen LogP contribution >= 0.6 is 11.3 Å². The fraction of sp³-hybridized carbons (Fsp3) is 0.786. The van der Waals surface area contributed by atoms with E-state index in [4.69, 9.17) is 9.47 Å². The standard InChI is InChI=1S/C14H26N2O3S/c1-10(2)19-6-5-18-8-13(17)7-15-12(4)14-16-11(3)9-20-14/h9-10,12-13,15,17H,5-8H2,1-4H3. The molecule has 0 aliphatic carbocycles. The number of aliphatic hydroxyl groups excluding tert-OH is 1. The minimum absolute atomic E-state index is 0.146. The van der Waals surface area contributed by atoms with E-state index in [9.17, 15) is 5.11 Å². The summed E-state index contributed by atoms with van der Waals surface area (Å²) in [6.07, 6.45) is -0.301. The van der Waals surface area contributed by atoms with Crippen molar-refractivity contribution in [2.24, 2.45) is 0 Å². The average molecular weight is 302 g/mol. The number of ether oxygens (including phenoxy) is 2. The highest BCUT2D eigenvalue weighted by Gasteiger charge is 2.11. The lowest BCUT2D eigenvalue weighted by molar-refractivity contribution is -0.0104. The Balaban J connectivity index is 2.09. The number of aromatic nitrogens is 1. The SMILES string of the molecule is Cc1csc(C(C)NCC(O)COCCOC(C)C)n1. The van der Waals surface area contributed by atoms with Gasteiger partial charge in [0.15, 0.2) is 0 Å². The Morgan fingerprint density at radius 3 is 2.70 bits per heavy atom. The highest BCUT2D eigenvalue weighted by Crippen LogP contribution is 2.17. The lowest BCUT2D eigenvalue weighted by atomic mass is 10.3. The first-order chi connectivity index (χ1) is 9.49. The maximum Gasteiger partial charge on any atom is 0.110 e. The first-order valence-electron chi connectivity index (χ1n) is 7.02. The van der Waals surface area contributed by atoms with Crippen LogP contribution in [0.3, 0.4) is 0 Å². The van der Waals surface area contributed by atoms with Gasteiger partial charge in [-0.25, -0.2) is 4.98 Å². The van der Waals surface area contributed by atoms with Gasteiger partial charge < -0.3 is 19.9 Å². The van der Waals surface area contributed by atoms with Crippen LogP contribution in [0.5, 0.6) is 0 Å². The van der Waals surface area contributed by atoms with Gasteiger partial charge in [-0.3, -0.25) is 0 Å². The van der Waals surface area contributed by atoms with E-state index in [0.29, 0.717) is 26.4 Å². The summed E-state index contributed by atoms with van der Waals surface area (Å²) >= 11 is 1.63. The second kappa shape index (κ2) is 9.41. The van der Waals surface area contributed by atoms with E-state index in [1.807, 2.05) is 33.1 Å². The van der Waals surface area contributed by atoms with Gasteiger partial charge in [-0.2, -0.15) is 0 Å². The lowest BCUT2D eigenvalue weighted by Gasteiger charge is -2.16. The van der Waals surface area contributed by atoms with Gasteiger partial charge in [-0.05, 0) is 27.7 Å². The number of aliphatic hydroxyl groups is 1. The van der Waals surface area contributed by atoms with Crippen LogP contribution in [-0.4, -0.2) is 48.7 Å². The van der Waals surface area contributed by atoms with Gasteiger partial charge in [-0.1, -0.05) is 0 Å². The summed E-state index contributed by atoms with van der Waals surface area (Å²) in [5.41, 5.74) is 1.03. The fourth-order valence-corrected chi connectivity index (χ4v) is 2.42. The zero-order valence-corrected chi connectivity index (χ0v) is 13.6. The number of thiazole rings is 1. The van der Waals surface area contributed by atoms with Crippen molar-refractivity contribution in [1.29, 1.82) is 0 Å². The van der Waals surface area contributed by atoms with E-state index >= 15 is 0 Å². The van der Waals surface area contributed by atoms with Gasteiger partial charge in [0.1, 0.15) is 5.01 Å². The van der Waals surface area contributed by atoms with Gasteiger partial charge >= 0.3 is 0 Å². The minimum Gasteiger partial charge on any atom is -0.389 e. The molecule has 2 N–H and O–H groups in total. The quantitative estimate of drug-likeness (QED) is 0.646. The van der Waals surface area contributed by atoms with Crippen LogP contribution in [0.25, 0.3) is 0 Å². The molecule has 1 aromatic heterocycles. The Bertz CT molecular complexity index is 371. The van der Waals surface area contributed by atoms with Crippen molar-refractivity contribution in [1.82, 2.24) is 10.3 Å². The number of nitrogens with zero attached hydrogens (tertiary/aromatic N) is 1. The Hall–Kier alpha value is -0.530. The van der Waals surface area contributed by atoms with E-state index in [0.717, 1.165) is 10.7 Å². The molecular weight excluding hydrogens is 276 g/mol. The number of rotatable bonds is 10. The average Bonchev–Trinajstić information content (AvgIpc) is 2.82. The molecule has 0 radical (unpaired) electrons. The van der Waals surface area contributed by atoms with E-state index in [1.165, 1.54) is 0 Å². The first kappa shape index (κ1) is 17.5. The van der Waals surface area contributed by atoms with Crippen molar-refractivity contribution in [3.63, 3.8) is 0 Å². The second-order valence-electron chi connectivity index (χ2n) is 5.11. The number of hydrogen-bond acceptors (Lipinski definition) is 6. The molecule has 5 nitrogen and oxygen atoms in total. The lowest BCUT2D eigenvalue weighted by Crippen LogP contribution is -2.32. The van der Waals surface area contributed by atoms with Gasteiger partial charge in [-0.15, -0.1) is 11.3 Å². The van der Waals surface area contributed by atoms with E-state index < -0.39 is 6.10 Å². The number of nitrogens with one attached hydrogen (secondary N) is 1. The first-order valence-corrected chi connectivity index (χ1v) is 7.89. The summed E-state index contributed by atoms with van der Waals surface area (Å²) in [5.74, 6) is 0. The van der Waals surface area contributed by atoms with Crippen molar-refractivity contribution < 1.29 is 14.6 Å². The Morgan fingerprint density at radius 1 is 1.35 bits per heavy atom. The fourth-order valence-electron chi connectivity index (χ4n) is 1.59. The molecule has 2 unspecified atom stereocenters. The second-order valence-corrected chi connectivity index (χ2v) is 6.00. The van der Waals surface area contributed by atoms with Crippen molar-refractivity contribution in [3.8, 4) is 0 Å². The maximum atomic E-state index is 9.81. The molecule has 0 aliphatic heterocycles. The normalized spacial score (nSPS) is 14.7. The van der Waals surface area contributed by atoms with E-state index in [2.05, 4.69) is 10.3 Å². The molecule has 1 heterocycles. The molecule has 0 saturated carbocycles. The summed E-state index contributed by atoms with van der Waals surface area (Å²) < 4.78 is 10.7. The van der Waals surface area contributed by atoms with Gasteiger partial charge in [0.05, 0.1) is 38.1 Å². The Labute approximate surface area is 125 Å². The topological polar surface area (TPSA) is 63.6 Å². The predicted octanol–water partition coefficient (Wildman–Crippen LogP) is 1.90. The highest BCUT2D eigenvalue weighted by atomic mass is 32.1. The number of aryl methyl sites for hydroxylation is 1. The van der Waals surface area contributed by atoms with Gasteiger partial charge in [0, 0.05) is 17.6 Å². The van der Waals surface area contributed by atoms with Crippen LogP contribution in [-0.2, 0) is 9.47 Å². The molecule has 1 rings (SSSR count). The predicted molar refractivity (Wildman–Crippen MR) is 81.2 cm³/mol. The Morgan fingerprint density at radius 2 is 2.10 bits per heavy atom. The zero-order chi connectivity index (χ0) is 15.0. The molecule has 1 aromatic rings. The van der Waals surface area contributed by atoms with Gasteiger partial charge in [0.25, 0.3) is 0 Å². The van der Waals surface area contributed by atoms with Crippen molar-refractivity contribution in [2.75, 3.05) is 26.4 Å². The van der Waals surface area contributed by atoms with Gasteiger partial charge in [0.2, 0.25) is 0 Å². The highest BCUT2D eigenvalue weighted by molar-refractivity contribution is 7.09. The molecule has 20 heavy (non-hydrogen) atoms. The summed E-state index contributed by atoms with van der Waals surface area (Å²) in [5, 5.41) is 16.1. The molecule has 0 bridgehead atoms. The van der Waals surface area contributed by atoms with Crippen LogP contribution in [0, 0.1) is 6.92 Å². The third-order valence-corrected chi connectivity index (χ3v) is 3.80. The molecule has 0 fully saturated rings. The zero-order valence-electron chi connectivity index (χ0n) is 12.8.